The van der Waals surface area contributed by atoms with Crippen LogP contribution in [0.3, 0.4) is 0 Å². The third-order valence-corrected chi connectivity index (χ3v) is 12.7. The van der Waals surface area contributed by atoms with Gasteiger partial charge in [-0.05, 0) is 96.6 Å². The summed E-state index contributed by atoms with van der Waals surface area (Å²) in [6, 6.07) is 35.3. The minimum Gasteiger partial charge on any atom is -0.496 e. The summed E-state index contributed by atoms with van der Waals surface area (Å²) in [6.45, 7) is 8.08. The fraction of sp³-hybridized carbons (Fsp3) is 0.294. The van der Waals surface area contributed by atoms with Crippen LogP contribution >= 0.6 is 11.6 Å². The molecule has 2 amide bonds. The second kappa shape index (κ2) is 19.2. The second-order valence-electron chi connectivity index (χ2n) is 16.2. The van der Waals surface area contributed by atoms with Gasteiger partial charge < -0.3 is 28.6 Å². The Morgan fingerprint density at radius 2 is 1.59 bits per heavy atom. The number of aromatic nitrogens is 1. The molecular formula is C51H51ClF2N4O5. The molecule has 1 atom stereocenters. The first-order chi connectivity index (χ1) is 30.5. The SMILES string of the molecule is COc1cccc(CN(C(=O)c2cc(-c3cc(C(F)F)c(Cl)cc3C(=O)N3Cc4ccccc4CC3CN3CCOCC3)n(C)c2C)c2ccc(OCc3ccccc3)cc2)c1C. The quantitative estimate of drug-likeness (QED) is 0.115. The van der Waals surface area contributed by atoms with E-state index in [2.05, 4.69) is 11.0 Å². The van der Waals surface area contributed by atoms with Gasteiger partial charge in [0.25, 0.3) is 18.2 Å². The molecule has 326 valence electrons. The average molecular weight is 873 g/mol. The molecule has 8 rings (SSSR count). The molecule has 9 nitrogen and oxygen atoms in total. The number of carbonyl (C=O) groups is 2. The summed E-state index contributed by atoms with van der Waals surface area (Å²) in [7, 11) is 3.39. The molecule has 12 heteroatoms. The Bertz CT molecular complexity index is 2590. The largest absolute Gasteiger partial charge is 0.496 e. The molecule has 3 heterocycles. The Kier molecular flexibility index (Phi) is 13.3. The lowest BCUT2D eigenvalue weighted by molar-refractivity contribution is 0.0193. The summed E-state index contributed by atoms with van der Waals surface area (Å²) < 4.78 is 48.5. The van der Waals surface area contributed by atoms with Crippen molar-refractivity contribution in [1.29, 1.82) is 0 Å². The molecule has 0 radical (unpaired) electrons. The molecular weight excluding hydrogens is 822 g/mol. The number of carbonyl (C=O) groups excluding carboxylic acids is 2. The number of alkyl halides is 2. The highest BCUT2D eigenvalue weighted by Gasteiger charge is 2.35. The van der Waals surface area contributed by atoms with Crippen molar-refractivity contribution in [2.75, 3.05) is 44.9 Å². The van der Waals surface area contributed by atoms with Crippen LogP contribution < -0.4 is 14.4 Å². The van der Waals surface area contributed by atoms with Crippen LogP contribution in [-0.4, -0.2) is 72.2 Å². The predicted molar refractivity (Wildman–Crippen MR) is 242 cm³/mol. The number of methoxy groups -OCH3 is 1. The normalized spacial score (nSPS) is 15.3. The molecule has 0 N–H and O–H groups in total. The van der Waals surface area contributed by atoms with Gasteiger partial charge in [0.05, 0.1) is 43.0 Å². The fourth-order valence-corrected chi connectivity index (χ4v) is 8.90. The van der Waals surface area contributed by atoms with Gasteiger partial charge in [-0.15, -0.1) is 0 Å². The first-order valence-corrected chi connectivity index (χ1v) is 21.6. The Morgan fingerprint density at radius 1 is 0.873 bits per heavy atom. The first-order valence-electron chi connectivity index (χ1n) is 21.2. The number of nitrogens with zero attached hydrogens (tertiary/aromatic N) is 4. The van der Waals surface area contributed by atoms with Gasteiger partial charge in [0.2, 0.25) is 0 Å². The number of amides is 2. The van der Waals surface area contributed by atoms with Crippen LogP contribution in [0.25, 0.3) is 11.3 Å². The number of fused-ring (bicyclic) bond motifs is 1. The Morgan fingerprint density at radius 3 is 2.30 bits per heavy atom. The van der Waals surface area contributed by atoms with Crippen LogP contribution in [0.2, 0.25) is 5.02 Å². The van der Waals surface area contributed by atoms with E-state index in [0.717, 1.165) is 35.3 Å². The third-order valence-electron chi connectivity index (χ3n) is 12.4. The maximum atomic E-state index is 15.1. The van der Waals surface area contributed by atoms with Gasteiger partial charge >= 0.3 is 0 Å². The van der Waals surface area contributed by atoms with Crippen molar-refractivity contribution >= 4 is 29.1 Å². The molecule has 6 aromatic rings. The van der Waals surface area contributed by atoms with Crippen molar-refractivity contribution in [2.45, 2.75) is 52.4 Å². The van der Waals surface area contributed by atoms with Crippen LogP contribution in [0.1, 0.15) is 66.2 Å². The predicted octanol–water partition coefficient (Wildman–Crippen LogP) is 10.2. The third kappa shape index (κ3) is 9.37. The lowest BCUT2D eigenvalue weighted by Crippen LogP contribution is -2.52. The maximum Gasteiger partial charge on any atom is 0.265 e. The smallest absolute Gasteiger partial charge is 0.265 e. The molecule has 1 saturated heterocycles. The van der Waals surface area contributed by atoms with Gasteiger partial charge in [0.15, 0.2) is 0 Å². The number of ether oxygens (including phenoxy) is 3. The van der Waals surface area contributed by atoms with Crippen LogP contribution in [0.15, 0.2) is 115 Å². The zero-order chi connectivity index (χ0) is 44.2. The molecule has 63 heavy (non-hydrogen) atoms. The lowest BCUT2D eigenvalue weighted by atomic mass is 9.91. The van der Waals surface area contributed by atoms with Gasteiger partial charge in [0, 0.05) is 67.5 Å². The van der Waals surface area contributed by atoms with Gasteiger partial charge in [0.1, 0.15) is 18.1 Å². The van der Waals surface area contributed by atoms with E-state index in [1.165, 1.54) is 17.7 Å². The Hall–Kier alpha value is -6.01. The highest BCUT2D eigenvalue weighted by molar-refractivity contribution is 6.32. The highest BCUT2D eigenvalue weighted by atomic mass is 35.5. The van der Waals surface area contributed by atoms with E-state index in [9.17, 15) is 8.78 Å². The van der Waals surface area contributed by atoms with Crippen molar-refractivity contribution in [3.63, 3.8) is 0 Å². The monoisotopic (exact) mass is 872 g/mol. The van der Waals surface area contributed by atoms with Crippen molar-refractivity contribution < 1.29 is 32.6 Å². The molecule has 2 aliphatic rings. The summed E-state index contributed by atoms with van der Waals surface area (Å²) in [6.07, 6.45) is -2.26. The lowest BCUT2D eigenvalue weighted by Gasteiger charge is -2.40. The molecule has 1 fully saturated rings. The van der Waals surface area contributed by atoms with E-state index in [1.807, 2.05) is 110 Å². The topological polar surface area (TPSA) is 76.5 Å². The van der Waals surface area contributed by atoms with Crippen LogP contribution in [0, 0.1) is 13.8 Å². The molecule has 0 bridgehead atoms. The van der Waals surface area contributed by atoms with Crippen molar-refractivity contribution in [3.8, 4) is 22.8 Å². The summed E-state index contributed by atoms with van der Waals surface area (Å²) in [5.41, 5.74) is 7.06. The molecule has 1 aromatic heterocycles. The summed E-state index contributed by atoms with van der Waals surface area (Å²) in [5, 5.41) is -0.197. The van der Waals surface area contributed by atoms with E-state index >= 15 is 9.59 Å². The van der Waals surface area contributed by atoms with Crippen molar-refractivity contribution in [2.24, 2.45) is 7.05 Å². The molecule has 0 aliphatic carbocycles. The maximum absolute atomic E-state index is 15.1. The van der Waals surface area contributed by atoms with Gasteiger partial charge in [-0.25, -0.2) is 8.78 Å². The van der Waals surface area contributed by atoms with E-state index in [4.69, 9.17) is 25.8 Å². The minimum atomic E-state index is -2.90. The second-order valence-corrected chi connectivity index (χ2v) is 16.6. The number of hydrogen-bond donors (Lipinski definition) is 0. The van der Waals surface area contributed by atoms with E-state index in [-0.39, 0.29) is 40.6 Å². The molecule has 5 aromatic carbocycles. The van der Waals surface area contributed by atoms with E-state index in [0.29, 0.717) is 73.5 Å². The van der Waals surface area contributed by atoms with Crippen LogP contribution in [0.4, 0.5) is 14.5 Å². The summed E-state index contributed by atoms with van der Waals surface area (Å²) >= 11 is 6.59. The number of halogens is 3. The zero-order valence-corrected chi connectivity index (χ0v) is 36.7. The number of benzene rings is 5. The zero-order valence-electron chi connectivity index (χ0n) is 36.0. The first kappa shape index (κ1) is 43.6. The highest BCUT2D eigenvalue weighted by Crippen LogP contribution is 2.39. The van der Waals surface area contributed by atoms with Crippen LogP contribution in [-0.2, 0) is 37.9 Å². The molecule has 2 aliphatic heterocycles. The summed E-state index contributed by atoms with van der Waals surface area (Å²) in [4.78, 5) is 36.0. The molecule has 1 unspecified atom stereocenters. The molecule has 0 saturated carbocycles. The number of morpholine rings is 1. The van der Waals surface area contributed by atoms with Crippen LogP contribution in [0.5, 0.6) is 11.5 Å². The average Bonchev–Trinajstić information content (AvgIpc) is 3.60. The fourth-order valence-electron chi connectivity index (χ4n) is 8.66. The van der Waals surface area contributed by atoms with Crippen molar-refractivity contribution in [3.05, 3.63) is 170 Å². The van der Waals surface area contributed by atoms with Gasteiger partial charge in [-0.2, -0.15) is 0 Å². The number of anilines is 1. The standard InChI is InChI=1S/C51H51ClF2N4O5/c1-33-37(15-10-16-48(33)61-4)29-57(39-17-19-41(20-18-39)63-32-35-11-6-5-7-12-35)50(59)42-28-47(55(3)34(42)2)43-26-45(49(53)54)46(52)27-44(43)51(60)58-30-38-14-9-8-13-36(38)25-40(58)31-56-21-23-62-24-22-56/h5-20,26-28,40,49H,21-25,29-32H2,1-4H3. The van der Waals surface area contributed by atoms with E-state index in [1.54, 1.807) is 29.7 Å². The van der Waals surface area contributed by atoms with Crippen molar-refractivity contribution in [1.82, 2.24) is 14.4 Å². The Labute approximate surface area is 372 Å². The van der Waals surface area contributed by atoms with Gasteiger partial charge in [-0.3, -0.25) is 14.5 Å². The minimum absolute atomic E-state index is 0.185. The summed E-state index contributed by atoms with van der Waals surface area (Å²) in [5.74, 6) is 0.701. The Balaban J connectivity index is 1.17. The molecule has 0 spiro atoms. The number of rotatable bonds is 13. The van der Waals surface area contributed by atoms with E-state index < -0.39 is 12.0 Å². The van der Waals surface area contributed by atoms with Gasteiger partial charge in [-0.1, -0.05) is 78.3 Å². The number of hydrogen-bond acceptors (Lipinski definition) is 6.